The lowest BCUT2D eigenvalue weighted by Gasteiger charge is -2.31. The van der Waals surface area contributed by atoms with Gasteiger partial charge in [-0.3, -0.25) is 10.1 Å². The van der Waals surface area contributed by atoms with Crippen molar-refractivity contribution in [2.75, 3.05) is 26.4 Å². The molecule has 0 saturated carbocycles. The fraction of sp³-hybridized carbons (Fsp3) is 0.929. The van der Waals surface area contributed by atoms with E-state index in [0.29, 0.717) is 39.3 Å². The molecule has 2 N–H and O–H groups in total. The molecule has 0 amide bonds. The summed E-state index contributed by atoms with van der Waals surface area (Å²) in [5.74, 6) is -0.780. The Labute approximate surface area is 116 Å². The van der Waals surface area contributed by atoms with Crippen molar-refractivity contribution in [3.05, 3.63) is 0 Å². The van der Waals surface area contributed by atoms with Gasteiger partial charge in [-0.2, -0.15) is 0 Å². The first kappa shape index (κ1) is 18.4. The van der Waals surface area contributed by atoms with Crippen molar-refractivity contribution in [3.8, 4) is 0 Å². The van der Waals surface area contributed by atoms with E-state index in [9.17, 15) is 9.90 Å². The molecule has 0 aromatic heterocycles. The SMILES string of the molecule is CCOCCOCCCC(CC)(NC(C)C)C(=O)O. The van der Waals surface area contributed by atoms with Crippen molar-refractivity contribution in [2.45, 2.75) is 58.5 Å². The summed E-state index contributed by atoms with van der Waals surface area (Å²) >= 11 is 0. The number of carboxylic acid groups (broad SMARTS) is 1. The standard InChI is InChI=1S/C14H29NO4/c1-5-14(13(16)17,15-12(3)4)8-7-9-19-11-10-18-6-2/h12,15H,5-11H2,1-4H3,(H,16,17). The summed E-state index contributed by atoms with van der Waals surface area (Å²) in [6.45, 7) is 10.2. The second-order valence-electron chi connectivity index (χ2n) is 4.95. The van der Waals surface area contributed by atoms with Crippen molar-refractivity contribution in [1.29, 1.82) is 0 Å². The van der Waals surface area contributed by atoms with E-state index in [2.05, 4.69) is 5.32 Å². The second-order valence-corrected chi connectivity index (χ2v) is 4.95. The molecule has 0 saturated heterocycles. The minimum absolute atomic E-state index is 0.148. The quantitative estimate of drug-likeness (QED) is 0.534. The molecule has 0 rings (SSSR count). The average Bonchev–Trinajstić information content (AvgIpc) is 2.35. The number of carboxylic acids is 1. The molecule has 0 aromatic rings. The van der Waals surface area contributed by atoms with Crippen molar-refractivity contribution in [1.82, 2.24) is 5.32 Å². The van der Waals surface area contributed by atoms with Crippen molar-refractivity contribution in [2.24, 2.45) is 0 Å². The lowest BCUT2D eigenvalue weighted by Crippen LogP contribution is -2.54. The van der Waals surface area contributed by atoms with E-state index >= 15 is 0 Å². The van der Waals surface area contributed by atoms with Crippen LogP contribution < -0.4 is 5.32 Å². The Morgan fingerprint density at radius 3 is 2.32 bits per heavy atom. The summed E-state index contributed by atoms with van der Waals surface area (Å²) in [6.07, 6.45) is 1.87. The summed E-state index contributed by atoms with van der Waals surface area (Å²) in [5.41, 5.74) is -0.836. The van der Waals surface area contributed by atoms with Crippen LogP contribution in [0.4, 0.5) is 0 Å². The highest BCUT2D eigenvalue weighted by Crippen LogP contribution is 2.19. The number of nitrogens with one attached hydrogen (secondary N) is 1. The Hall–Kier alpha value is -0.650. The van der Waals surface area contributed by atoms with E-state index < -0.39 is 11.5 Å². The number of rotatable bonds is 12. The van der Waals surface area contributed by atoms with Gasteiger partial charge in [0.1, 0.15) is 5.54 Å². The summed E-state index contributed by atoms with van der Waals surface area (Å²) < 4.78 is 10.6. The molecule has 0 aliphatic rings. The van der Waals surface area contributed by atoms with E-state index in [-0.39, 0.29) is 6.04 Å². The molecule has 114 valence electrons. The largest absolute Gasteiger partial charge is 0.480 e. The molecule has 0 radical (unpaired) electrons. The zero-order valence-electron chi connectivity index (χ0n) is 12.7. The molecule has 0 aliphatic heterocycles. The van der Waals surface area contributed by atoms with Crippen molar-refractivity contribution in [3.63, 3.8) is 0 Å². The average molecular weight is 275 g/mol. The van der Waals surface area contributed by atoms with Gasteiger partial charge in [0.15, 0.2) is 0 Å². The van der Waals surface area contributed by atoms with E-state index in [1.165, 1.54) is 0 Å². The van der Waals surface area contributed by atoms with E-state index in [0.717, 1.165) is 6.42 Å². The number of ether oxygens (including phenoxy) is 2. The Bertz CT molecular complexity index is 246. The molecule has 0 aliphatic carbocycles. The summed E-state index contributed by atoms with van der Waals surface area (Å²) in [7, 11) is 0. The summed E-state index contributed by atoms with van der Waals surface area (Å²) in [4.78, 5) is 11.5. The van der Waals surface area contributed by atoms with Gasteiger partial charge in [-0.15, -0.1) is 0 Å². The van der Waals surface area contributed by atoms with E-state index in [1.807, 2.05) is 27.7 Å². The first-order chi connectivity index (χ1) is 8.98. The van der Waals surface area contributed by atoms with Crippen LogP contribution >= 0.6 is 0 Å². The molecular formula is C14H29NO4. The second kappa shape index (κ2) is 10.2. The predicted molar refractivity (Wildman–Crippen MR) is 75.5 cm³/mol. The zero-order valence-corrected chi connectivity index (χ0v) is 12.7. The molecule has 0 aromatic carbocycles. The van der Waals surface area contributed by atoms with Gasteiger partial charge >= 0.3 is 5.97 Å². The molecule has 1 unspecified atom stereocenters. The van der Waals surface area contributed by atoms with Gasteiger partial charge in [0.2, 0.25) is 0 Å². The minimum atomic E-state index is -0.836. The maximum atomic E-state index is 11.5. The minimum Gasteiger partial charge on any atom is -0.480 e. The normalized spacial score (nSPS) is 14.6. The molecule has 0 spiro atoms. The van der Waals surface area contributed by atoms with Crippen molar-refractivity contribution < 1.29 is 19.4 Å². The number of aliphatic carboxylic acids is 1. The van der Waals surface area contributed by atoms with Gasteiger partial charge in [0.25, 0.3) is 0 Å². The maximum absolute atomic E-state index is 11.5. The third-order valence-corrected chi connectivity index (χ3v) is 3.05. The van der Waals surface area contributed by atoms with Gasteiger partial charge in [0.05, 0.1) is 13.2 Å². The van der Waals surface area contributed by atoms with Crippen LogP contribution in [0.1, 0.15) is 47.0 Å². The summed E-state index contributed by atoms with van der Waals surface area (Å²) in [5, 5.41) is 12.6. The number of hydrogen-bond donors (Lipinski definition) is 2. The highest BCUT2D eigenvalue weighted by molar-refractivity contribution is 5.78. The Kier molecular flexibility index (Phi) is 9.83. The highest BCUT2D eigenvalue weighted by Gasteiger charge is 2.36. The van der Waals surface area contributed by atoms with Crippen LogP contribution in [0, 0.1) is 0 Å². The zero-order chi connectivity index (χ0) is 14.7. The molecule has 5 nitrogen and oxygen atoms in total. The topological polar surface area (TPSA) is 67.8 Å². The predicted octanol–water partition coefficient (Wildman–Crippen LogP) is 2.05. The Balaban J connectivity index is 4.03. The Morgan fingerprint density at radius 1 is 1.21 bits per heavy atom. The number of carbonyl (C=O) groups is 1. The van der Waals surface area contributed by atoms with Gasteiger partial charge in [-0.05, 0) is 40.0 Å². The van der Waals surface area contributed by atoms with Crippen LogP contribution in [0.25, 0.3) is 0 Å². The van der Waals surface area contributed by atoms with Crippen molar-refractivity contribution >= 4 is 5.97 Å². The molecule has 1 atom stereocenters. The smallest absolute Gasteiger partial charge is 0.323 e. The van der Waals surface area contributed by atoms with Gasteiger partial charge in [0, 0.05) is 19.3 Å². The third-order valence-electron chi connectivity index (χ3n) is 3.05. The first-order valence-corrected chi connectivity index (χ1v) is 7.15. The van der Waals surface area contributed by atoms with E-state index in [1.54, 1.807) is 0 Å². The van der Waals surface area contributed by atoms with Crippen LogP contribution in [0.15, 0.2) is 0 Å². The molecule has 19 heavy (non-hydrogen) atoms. The van der Waals surface area contributed by atoms with Gasteiger partial charge in [-0.1, -0.05) is 6.92 Å². The van der Waals surface area contributed by atoms with Crippen LogP contribution in [-0.4, -0.2) is 49.1 Å². The maximum Gasteiger partial charge on any atom is 0.323 e. The molecule has 0 fully saturated rings. The van der Waals surface area contributed by atoms with Crippen LogP contribution in [0.5, 0.6) is 0 Å². The summed E-state index contributed by atoms with van der Waals surface area (Å²) in [6, 6.07) is 0.148. The van der Waals surface area contributed by atoms with E-state index in [4.69, 9.17) is 9.47 Å². The first-order valence-electron chi connectivity index (χ1n) is 7.15. The highest BCUT2D eigenvalue weighted by atomic mass is 16.5. The number of hydrogen-bond acceptors (Lipinski definition) is 4. The fourth-order valence-electron chi connectivity index (χ4n) is 2.06. The molecule has 5 heteroatoms. The van der Waals surface area contributed by atoms with Gasteiger partial charge < -0.3 is 14.6 Å². The lowest BCUT2D eigenvalue weighted by atomic mass is 9.89. The fourth-order valence-corrected chi connectivity index (χ4v) is 2.06. The van der Waals surface area contributed by atoms with Crippen LogP contribution in [-0.2, 0) is 14.3 Å². The molecule has 0 heterocycles. The third kappa shape index (κ3) is 7.50. The lowest BCUT2D eigenvalue weighted by molar-refractivity contribution is -0.146. The monoisotopic (exact) mass is 275 g/mol. The molecular weight excluding hydrogens is 246 g/mol. The molecule has 0 bridgehead atoms. The van der Waals surface area contributed by atoms with Crippen LogP contribution in [0.2, 0.25) is 0 Å². The van der Waals surface area contributed by atoms with Gasteiger partial charge in [-0.25, -0.2) is 0 Å². The Morgan fingerprint density at radius 2 is 1.84 bits per heavy atom. The van der Waals surface area contributed by atoms with Crippen LogP contribution in [0.3, 0.4) is 0 Å².